The minimum Gasteiger partial charge on any atom is -0.316 e. The Hall–Kier alpha value is 0.0500. The molecule has 1 aliphatic carbocycles. The Morgan fingerprint density at radius 1 is 1.42 bits per heavy atom. The normalized spacial score (nSPS) is 23.9. The van der Waals surface area contributed by atoms with E-state index in [4.69, 9.17) is 13.6 Å². The first-order valence-electron chi connectivity index (χ1n) is 4.00. The van der Waals surface area contributed by atoms with Gasteiger partial charge in [-0.2, -0.15) is 0 Å². The molecule has 4 heteroatoms. The number of rotatable bonds is 4. The largest absolute Gasteiger partial charge is 0.332 e. The van der Waals surface area contributed by atoms with Gasteiger partial charge in [0.25, 0.3) is 0 Å². The van der Waals surface area contributed by atoms with Crippen LogP contribution >= 0.6 is 8.60 Å². The van der Waals surface area contributed by atoms with Gasteiger partial charge >= 0.3 is 8.60 Å². The monoisotopic (exact) mass is 190 g/mol. The van der Waals surface area contributed by atoms with Crippen molar-refractivity contribution in [3.63, 3.8) is 0 Å². The third kappa shape index (κ3) is 2.53. The van der Waals surface area contributed by atoms with Gasteiger partial charge in [-0.3, -0.25) is 0 Å². The van der Waals surface area contributed by atoms with E-state index >= 15 is 0 Å². The van der Waals surface area contributed by atoms with Crippen LogP contribution in [0.5, 0.6) is 0 Å². The third-order valence-corrected chi connectivity index (χ3v) is 2.95. The van der Waals surface area contributed by atoms with E-state index in [9.17, 15) is 0 Å². The van der Waals surface area contributed by atoms with Gasteiger partial charge in [0.05, 0.1) is 6.10 Å². The fourth-order valence-corrected chi connectivity index (χ4v) is 2.05. The first kappa shape index (κ1) is 10.1. The summed E-state index contributed by atoms with van der Waals surface area (Å²) in [5.74, 6) is 0. The standard InChI is InChI=1S/C8H15O3P/c1-7-5-4-6-8(7)11-12(9-2)10-3/h8H,1,4-6H2,2-3H3. The summed E-state index contributed by atoms with van der Waals surface area (Å²) in [7, 11) is 2.03. The van der Waals surface area contributed by atoms with Crippen LogP contribution in [0.15, 0.2) is 12.2 Å². The molecule has 1 rings (SSSR count). The smallest absolute Gasteiger partial charge is 0.316 e. The average molecular weight is 190 g/mol. The molecule has 0 aromatic heterocycles. The molecule has 0 radical (unpaired) electrons. The van der Waals surface area contributed by atoms with E-state index < -0.39 is 8.60 Å². The summed E-state index contributed by atoms with van der Waals surface area (Å²) < 4.78 is 15.5. The molecule has 0 amide bonds. The molecule has 0 spiro atoms. The molecule has 0 N–H and O–H groups in total. The predicted molar refractivity (Wildman–Crippen MR) is 48.8 cm³/mol. The average Bonchev–Trinajstić information content (AvgIpc) is 2.47. The van der Waals surface area contributed by atoms with Gasteiger partial charge in [0.1, 0.15) is 0 Å². The minimum absolute atomic E-state index is 0.149. The van der Waals surface area contributed by atoms with Crippen molar-refractivity contribution in [1.82, 2.24) is 0 Å². The van der Waals surface area contributed by atoms with E-state index in [2.05, 4.69) is 6.58 Å². The molecule has 0 aromatic carbocycles. The zero-order valence-electron chi connectivity index (χ0n) is 7.58. The third-order valence-electron chi connectivity index (χ3n) is 1.93. The Bertz CT molecular complexity index is 156. The molecule has 1 fully saturated rings. The van der Waals surface area contributed by atoms with Gasteiger partial charge in [0.2, 0.25) is 0 Å². The van der Waals surface area contributed by atoms with Crippen molar-refractivity contribution in [3.05, 3.63) is 12.2 Å². The summed E-state index contributed by atoms with van der Waals surface area (Å²) >= 11 is 0. The lowest BCUT2D eigenvalue weighted by Gasteiger charge is -2.17. The van der Waals surface area contributed by atoms with Crippen LogP contribution in [-0.2, 0) is 13.6 Å². The first-order valence-corrected chi connectivity index (χ1v) is 5.10. The Balaban J connectivity index is 2.33. The second-order valence-electron chi connectivity index (χ2n) is 2.73. The highest BCUT2D eigenvalue weighted by Gasteiger charge is 2.24. The van der Waals surface area contributed by atoms with Crippen molar-refractivity contribution >= 4 is 8.60 Å². The van der Waals surface area contributed by atoms with E-state index in [-0.39, 0.29) is 6.10 Å². The summed E-state index contributed by atoms with van der Waals surface area (Å²) in [6, 6.07) is 0. The molecule has 1 atom stereocenters. The molecular formula is C8H15O3P. The molecule has 1 saturated carbocycles. The summed E-state index contributed by atoms with van der Waals surface area (Å²) in [5.41, 5.74) is 1.16. The van der Waals surface area contributed by atoms with Crippen LogP contribution in [0, 0.1) is 0 Å². The lowest BCUT2D eigenvalue weighted by molar-refractivity contribution is 0.169. The van der Waals surface area contributed by atoms with Gasteiger partial charge in [-0.25, -0.2) is 0 Å². The van der Waals surface area contributed by atoms with Crippen LogP contribution in [0.4, 0.5) is 0 Å². The molecule has 3 nitrogen and oxygen atoms in total. The quantitative estimate of drug-likeness (QED) is 0.503. The lowest BCUT2D eigenvalue weighted by Crippen LogP contribution is -2.06. The molecule has 0 aromatic rings. The maximum atomic E-state index is 5.54. The Morgan fingerprint density at radius 2 is 2.08 bits per heavy atom. The van der Waals surface area contributed by atoms with Gasteiger partial charge in [0, 0.05) is 14.2 Å². The molecule has 0 saturated heterocycles. The second kappa shape index (κ2) is 4.93. The highest BCUT2D eigenvalue weighted by molar-refractivity contribution is 7.41. The molecule has 0 aliphatic heterocycles. The van der Waals surface area contributed by atoms with Gasteiger partial charge in [-0.05, 0) is 24.8 Å². The lowest BCUT2D eigenvalue weighted by atomic mass is 10.2. The molecule has 1 aliphatic rings. The van der Waals surface area contributed by atoms with Gasteiger partial charge < -0.3 is 13.6 Å². The molecule has 70 valence electrons. The van der Waals surface area contributed by atoms with Crippen molar-refractivity contribution in [3.8, 4) is 0 Å². The van der Waals surface area contributed by atoms with Crippen molar-refractivity contribution in [2.45, 2.75) is 25.4 Å². The van der Waals surface area contributed by atoms with Gasteiger partial charge in [-0.1, -0.05) is 6.58 Å². The summed E-state index contributed by atoms with van der Waals surface area (Å²) in [4.78, 5) is 0. The van der Waals surface area contributed by atoms with Crippen molar-refractivity contribution < 1.29 is 13.6 Å². The topological polar surface area (TPSA) is 27.7 Å². The highest BCUT2D eigenvalue weighted by Crippen LogP contribution is 2.43. The van der Waals surface area contributed by atoms with Crippen LogP contribution in [0.2, 0.25) is 0 Å². The van der Waals surface area contributed by atoms with Crippen molar-refractivity contribution in [1.29, 1.82) is 0 Å². The van der Waals surface area contributed by atoms with E-state index in [1.807, 2.05) is 0 Å². The van der Waals surface area contributed by atoms with E-state index in [1.165, 1.54) is 6.42 Å². The van der Waals surface area contributed by atoms with Crippen LogP contribution in [-0.4, -0.2) is 20.3 Å². The molecule has 0 bridgehead atoms. The summed E-state index contributed by atoms with van der Waals surface area (Å²) in [6.45, 7) is 3.93. The zero-order chi connectivity index (χ0) is 8.97. The highest BCUT2D eigenvalue weighted by atomic mass is 31.2. The Morgan fingerprint density at radius 3 is 2.50 bits per heavy atom. The van der Waals surface area contributed by atoms with E-state index in [0.29, 0.717) is 0 Å². The number of hydrogen-bond acceptors (Lipinski definition) is 3. The molecular weight excluding hydrogens is 175 g/mol. The van der Waals surface area contributed by atoms with E-state index in [1.54, 1.807) is 14.2 Å². The van der Waals surface area contributed by atoms with Gasteiger partial charge in [-0.15, -0.1) is 0 Å². The first-order chi connectivity index (χ1) is 5.77. The van der Waals surface area contributed by atoms with Crippen LogP contribution < -0.4 is 0 Å². The SMILES string of the molecule is C=C1CCCC1OP(OC)OC. The maximum absolute atomic E-state index is 5.54. The minimum atomic E-state index is -1.15. The summed E-state index contributed by atoms with van der Waals surface area (Å²) in [6.07, 6.45) is 3.43. The Kier molecular flexibility index (Phi) is 4.16. The number of hydrogen-bond donors (Lipinski definition) is 0. The van der Waals surface area contributed by atoms with E-state index in [0.717, 1.165) is 18.4 Å². The maximum Gasteiger partial charge on any atom is 0.332 e. The van der Waals surface area contributed by atoms with Gasteiger partial charge in [0.15, 0.2) is 0 Å². The van der Waals surface area contributed by atoms with Crippen LogP contribution in [0.1, 0.15) is 19.3 Å². The Labute approximate surface area is 74.7 Å². The predicted octanol–water partition coefficient (Wildman–Crippen LogP) is 2.63. The molecule has 12 heavy (non-hydrogen) atoms. The molecule has 1 unspecified atom stereocenters. The van der Waals surface area contributed by atoms with Crippen molar-refractivity contribution in [2.24, 2.45) is 0 Å². The fraction of sp³-hybridized carbons (Fsp3) is 0.750. The fourth-order valence-electron chi connectivity index (χ4n) is 1.27. The second-order valence-corrected chi connectivity index (χ2v) is 4.12. The van der Waals surface area contributed by atoms with Crippen molar-refractivity contribution in [2.75, 3.05) is 14.2 Å². The summed E-state index contributed by atoms with van der Waals surface area (Å²) in [5, 5.41) is 0. The van der Waals surface area contributed by atoms with Crippen LogP contribution in [0.25, 0.3) is 0 Å². The van der Waals surface area contributed by atoms with Crippen LogP contribution in [0.3, 0.4) is 0 Å². The zero-order valence-corrected chi connectivity index (χ0v) is 8.47. The molecule has 0 heterocycles.